The van der Waals surface area contributed by atoms with E-state index < -0.39 is 0 Å². The van der Waals surface area contributed by atoms with Crippen molar-refractivity contribution in [3.63, 3.8) is 0 Å². The van der Waals surface area contributed by atoms with Crippen LogP contribution in [0.3, 0.4) is 0 Å². The molecule has 0 saturated carbocycles. The highest BCUT2D eigenvalue weighted by molar-refractivity contribution is 5.85. The van der Waals surface area contributed by atoms with Gasteiger partial charge in [0, 0.05) is 38.8 Å². The number of nitrogens with zero attached hydrogens (tertiary/aromatic N) is 4. The van der Waals surface area contributed by atoms with Crippen LogP contribution in [0.2, 0.25) is 0 Å². The van der Waals surface area contributed by atoms with Crippen molar-refractivity contribution in [3.05, 3.63) is 11.3 Å². The maximum atomic E-state index is 13.0. The lowest BCUT2D eigenvalue weighted by molar-refractivity contribution is -0.145. The number of β-amino-alcohol motifs (C(OH)–C–C–N with tert-alkyl or cyclic N) is 1. The molecule has 136 valence electrons. The summed E-state index contributed by atoms with van der Waals surface area (Å²) in [5.74, 6) is 1.90. The zero-order valence-electron chi connectivity index (χ0n) is 14.9. The second-order valence-electron chi connectivity index (χ2n) is 7.47. The van der Waals surface area contributed by atoms with Crippen molar-refractivity contribution in [3.8, 4) is 0 Å². The van der Waals surface area contributed by atoms with Crippen LogP contribution >= 0.6 is 0 Å². The van der Waals surface area contributed by atoms with E-state index in [2.05, 4.69) is 10.2 Å². The summed E-state index contributed by atoms with van der Waals surface area (Å²) >= 11 is 0. The van der Waals surface area contributed by atoms with E-state index in [0.717, 1.165) is 69.1 Å². The van der Waals surface area contributed by atoms with Gasteiger partial charge >= 0.3 is 0 Å². The summed E-state index contributed by atoms with van der Waals surface area (Å²) in [5.41, 5.74) is 2.09. The molecule has 4 rings (SSSR count). The molecule has 3 heterocycles. The molecule has 2 N–H and O–H groups in total. The van der Waals surface area contributed by atoms with Gasteiger partial charge < -0.3 is 20.2 Å². The van der Waals surface area contributed by atoms with Gasteiger partial charge in [-0.15, -0.1) is 0 Å². The van der Waals surface area contributed by atoms with E-state index >= 15 is 0 Å². The fourth-order valence-electron chi connectivity index (χ4n) is 4.68. The van der Waals surface area contributed by atoms with Crippen LogP contribution in [-0.4, -0.2) is 65.7 Å². The summed E-state index contributed by atoms with van der Waals surface area (Å²) in [6.45, 7) is 2.75. The molecule has 0 radical (unpaired) electrons. The summed E-state index contributed by atoms with van der Waals surface area (Å²) in [6.07, 6.45) is 5.98. The first kappa shape index (κ1) is 16.6. The molecular weight excluding hydrogens is 318 g/mol. The molecule has 2 fully saturated rings. The highest BCUT2D eigenvalue weighted by Gasteiger charge is 2.48. The zero-order valence-corrected chi connectivity index (χ0v) is 14.9. The molecule has 2 saturated heterocycles. The molecular formula is C18H27N5O2. The number of piperidine rings is 1. The maximum absolute atomic E-state index is 13.0. The lowest BCUT2D eigenvalue weighted by Crippen LogP contribution is -2.50. The van der Waals surface area contributed by atoms with Crippen molar-refractivity contribution in [2.75, 3.05) is 50.1 Å². The Kier molecular flexibility index (Phi) is 4.27. The van der Waals surface area contributed by atoms with Crippen LogP contribution in [0, 0.1) is 5.41 Å². The van der Waals surface area contributed by atoms with Crippen molar-refractivity contribution >= 4 is 17.7 Å². The Labute approximate surface area is 148 Å². The number of aliphatic hydroxyl groups excluding tert-OH is 1. The van der Waals surface area contributed by atoms with E-state index in [1.165, 1.54) is 5.56 Å². The third-order valence-electron chi connectivity index (χ3n) is 5.99. The number of carbonyl (C=O) groups excluding carboxylic acids is 1. The Morgan fingerprint density at radius 2 is 2.08 bits per heavy atom. The fourth-order valence-corrected chi connectivity index (χ4v) is 4.68. The summed E-state index contributed by atoms with van der Waals surface area (Å²) in [7, 11) is 1.91. The molecule has 2 aliphatic heterocycles. The SMILES string of the molecule is CNc1nc(N2CC[C@@]3(CCCN(CCO)C3=O)C2)nc2c1CCC2. The monoisotopic (exact) mass is 345 g/mol. The molecule has 0 unspecified atom stereocenters. The van der Waals surface area contributed by atoms with Gasteiger partial charge in [-0.25, -0.2) is 4.98 Å². The van der Waals surface area contributed by atoms with Crippen molar-refractivity contribution < 1.29 is 9.90 Å². The molecule has 7 heteroatoms. The number of hydrogen-bond acceptors (Lipinski definition) is 6. The van der Waals surface area contributed by atoms with Gasteiger partial charge in [0.05, 0.1) is 17.7 Å². The maximum Gasteiger partial charge on any atom is 0.230 e. The van der Waals surface area contributed by atoms with Crippen molar-refractivity contribution in [2.45, 2.75) is 38.5 Å². The minimum Gasteiger partial charge on any atom is -0.395 e. The first-order valence-corrected chi connectivity index (χ1v) is 9.39. The molecule has 1 aromatic heterocycles. The number of aliphatic hydroxyl groups is 1. The third kappa shape index (κ3) is 2.74. The summed E-state index contributed by atoms with van der Waals surface area (Å²) < 4.78 is 0. The molecule has 7 nitrogen and oxygen atoms in total. The lowest BCUT2D eigenvalue weighted by atomic mass is 9.78. The Bertz CT molecular complexity index is 678. The van der Waals surface area contributed by atoms with Crippen LogP contribution in [0.15, 0.2) is 0 Å². The van der Waals surface area contributed by atoms with E-state index in [1.807, 2.05) is 11.9 Å². The lowest BCUT2D eigenvalue weighted by Gasteiger charge is -2.39. The largest absolute Gasteiger partial charge is 0.395 e. The van der Waals surface area contributed by atoms with Crippen LogP contribution in [0.5, 0.6) is 0 Å². The Morgan fingerprint density at radius 1 is 1.20 bits per heavy atom. The number of aromatic nitrogens is 2. The quantitative estimate of drug-likeness (QED) is 0.841. The summed E-state index contributed by atoms with van der Waals surface area (Å²) in [4.78, 5) is 26.5. The summed E-state index contributed by atoms with van der Waals surface area (Å²) in [6, 6.07) is 0. The van der Waals surface area contributed by atoms with Crippen molar-refractivity contribution in [2.24, 2.45) is 5.41 Å². The Balaban J connectivity index is 1.57. The van der Waals surface area contributed by atoms with Crippen molar-refractivity contribution in [1.29, 1.82) is 0 Å². The van der Waals surface area contributed by atoms with E-state index in [0.29, 0.717) is 13.1 Å². The highest BCUT2D eigenvalue weighted by atomic mass is 16.3. The third-order valence-corrected chi connectivity index (χ3v) is 5.99. The molecule has 0 aromatic carbocycles. The van der Waals surface area contributed by atoms with Gasteiger partial charge in [-0.3, -0.25) is 4.79 Å². The van der Waals surface area contributed by atoms with Gasteiger partial charge in [0.15, 0.2) is 0 Å². The van der Waals surface area contributed by atoms with Gasteiger partial charge in [0.1, 0.15) is 5.82 Å². The van der Waals surface area contributed by atoms with Gasteiger partial charge in [-0.1, -0.05) is 0 Å². The van der Waals surface area contributed by atoms with Crippen molar-refractivity contribution in [1.82, 2.24) is 14.9 Å². The first-order valence-electron chi connectivity index (χ1n) is 9.39. The number of amides is 1. The zero-order chi connectivity index (χ0) is 17.4. The molecule has 1 amide bonds. The Morgan fingerprint density at radius 3 is 2.88 bits per heavy atom. The Hall–Kier alpha value is -1.89. The van der Waals surface area contributed by atoms with Crippen LogP contribution in [0.4, 0.5) is 11.8 Å². The number of rotatable bonds is 4. The molecule has 1 spiro atoms. The normalized spacial score (nSPS) is 25.8. The number of nitrogens with one attached hydrogen (secondary N) is 1. The fraction of sp³-hybridized carbons (Fsp3) is 0.722. The smallest absolute Gasteiger partial charge is 0.230 e. The topological polar surface area (TPSA) is 81.6 Å². The number of aryl methyl sites for hydroxylation is 1. The number of carbonyl (C=O) groups is 1. The van der Waals surface area contributed by atoms with Gasteiger partial charge in [-0.2, -0.15) is 4.98 Å². The molecule has 1 aromatic rings. The average Bonchev–Trinajstić information content (AvgIpc) is 3.26. The van der Waals surface area contributed by atoms with E-state index in [1.54, 1.807) is 0 Å². The molecule has 0 bridgehead atoms. The van der Waals surface area contributed by atoms with Crippen LogP contribution in [-0.2, 0) is 17.6 Å². The molecule has 1 atom stereocenters. The minimum absolute atomic E-state index is 0.0327. The molecule has 1 aliphatic carbocycles. The van der Waals surface area contributed by atoms with Gasteiger partial charge in [-0.05, 0) is 38.5 Å². The summed E-state index contributed by atoms with van der Waals surface area (Å²) in [5, 5.41) is 12.4. The first-order chi connectivity index (χ1) is 12.2. The number of hydrogen-bond donors (Lipinski definition) is 2. The number of likely N-dealkylation sites (tertiary alicyclic amines) is 1. The number of anilines is 2. The predicted octanol–water partition coefficient (Wildman–Crippen LogP) is 0.818. The molecule has 3 aliphatic rings. The van der Waals surface area contributed by atoms with Gasteiger partial charge in [0.25, 0.3) is 0 Å². The average molecular weight is 345 g/mol. The highest BCUT2D eigenvalue weighted by Crippen LogP contribution is 2.41. The van der Waals surface area contributed by atoms with Crippen LogP contribution in [0.1, 0.15) is 36.9 Å². The minimum atomic E-state index is -0.324. The standard InChI is InChI=1S/C18H27N5O2/c1-19-15-13-4-2-5-14(13)20-17(21-15)23-9-7-18(12-23)6-3-8-22(10-11-24)16(18)25/h24H,2-12H2,1H3,(H,19,20,21)/t18-/m0/s1. The number of fused-ring (bicyclic) bond motifs is 1. The second-order valence-corrected chi connectivity index (χ2v) is 7.47. The van der Waals surface area contributed by atoms with Crippen LogP contribution < -0.4 is 10.2 Å². The predicted molar refractivity (Wildman–Crippen MR) is 95.8 cm³/mol. The second kappa shape index (κ2) is 6.44. The van der Waals surface area contributed by atoms with E-state index in [9.17, 15) is 9.90 Å². The van der Waals surface area contributed by atoms with Crippen LogP contribution in [0.25, 0.3) is 0 Å². The van der Waals surface area contributed by atoms with Gasteiger partial charge in [0.2, 0.25) is 11.9 Å². The van der Waals surface area contributed by atoms with E-state index in [4.69, 9.17) is 9.97 Å². The molecule has 25 heavy (non-hydrogen) atoms. The van der Waals surface area contributed by atoms with E-state index in [-0.39, 0.29) is 17.9 Å².